The summed E-state index contributed by atoms with van der Waals surface area (Å²) in [5.74, 6) is 0.00421. The Bertz CT molecular complexity index is 507. The van der Waals surface area contributed by atoms with Gasteiger partial charge in [0.2, 0.25) is 0 Å². The molecule has 6 heteroatoms. The van der Waals surface area contributed by atoms with E-state index in [0.29, 0.717) is 18.7 Å². The lowest BCUT2D eigenvalue weighted by Crippen LogP contribution is -2.57. The second-order valence-corrected chi connectivity index (χ2v) is 6.59. The molecule has 0 unspecified atom stereocenters. The van der Waals surface area contributed by atoms with Crippen molar-refractivity contribution in [3.63, 3.8) is 0 Å². The van der Waals surface area contributed by atoms with Crippen LogP contribution in [0, 0.1) is 0 Å². The fraction of sp³-hybridized carbons (Fsp3) is 0.455. The van der Waals surface area contributed by atoms with Gasteiger partial charge in [-0.15, -0.1) is 0 Å². The first-order valence-corrected chi connectivity index (χ1v) is 7.17. The number of amides is 1. The second kappa shape index (κ2) is 4.44. The van der Waals surface area contributed by atoms with E-state index in [4.69, 9.17) is 0 Å². The Morgan fingerprint density at radius 3 is 2.53 bits per heavy atom. The molecule has 0 N–H and O–H groups in total. The zero-order valence-electron chi connectivity index (χ0n) is 9.54. The van der Waals surface area contributed by atoms with Crippen LogP contribution in [0.5, 0.6) is 0 Å². The van der Waals surface area contributed by atoms with Crippen LogP contribution in [-0.2, 0) is 9.84 Å². The molecule has 2 rings (SSSR count). The molecule has 92 valence electrons. The summed E-state index contributed by atoms with van der Waals surface area (Å²) in [5.41, 5.74) is 0.548. The van der Waals surface area contributed by atoms with Gasteiger partial charge in [0.15, 0.2) is 9.84 Å². The van der Waals surface area contributed by atoms with Crippen molar-refractivity contribution < 1.29 is 13.2 Å². The minimum Gasteiger partial charge on any atom is -0.336 e. The summed E-state index contributed by atoms with van der Waals surface area (Å²) >= 11 is 0. The number of nitrogens with zero attached hydrogens (tertiary/aromatic N) is 2. The number of carbonyl (C=O) groups is 1. The van der Waals surface area contributed by atoms with Gasteiger partial charge in [0.05, 0.1) is 5.25 Å². The van der Waals surface area contributed by atoms with Crippen molar-refractivity contribution in [1.29, 1.82) is 0 Å². The zero-order chi connectivity index (χ0) is 12.5. The van der Waals surface area contributed by atoms with Gasteiger partial charge in [-0.05, 0) is 12.1 Å². The van der Waals surface area contributed by atoms with Crippen molar-refractivity contribution in [2.75, 3.05) is 18.8 Å². The molecule has 1 aromatic heterocycles. The maximum atomic E-state index is 11.9. The van der Waals surface area contributed by atoms with Gasteiger partial charge in [0.1, 0.15) is 0 Å². The first-order chi connectivity index (χ1) is 8.04. The van der Waals surface area contributed by atoms with Crippen molar-refractivity contribution in [2.24, 2.45) is 0 Å². The van der Waals surface area contributed by atoms with Crippen LogP contribution in [0.3, 0.4) is 0 Å². The minimum absolute atomic E-state index is 0.130. The van der Waals surface area contributed by atoms with E-state index in [0.717, 1.165) is 0 Å². The SMILES string of the molecule is CCS(=O)(=O)C1CN(C(=O)c2ccncc2)C1. The molecule has 1 fully saturated rings. The van der Waals surface area contributed by atoms with Crippen molar-refractivity contribution in [3.05, 3.63) is 30.1 Å². The first kappa shape index (κ1) is 12.0. The van der Waals surface area contributed by atoms with Crippen LogP contribution >= 0.6 is 0 Å². The highest BCUT2D eigenvalue weighted by Crippen LogP contribution is 2.19. The number of hydrogen-bond donors (Lipinski definition) is 0. The normalized spacial score (nSPS) is 16.6. The van der Waals surface area contributed by atoms with Gasteiger partial charge >= 0.3 is 0 Å². The highest BCUT2D eigenvalue weighted by molar-refractivity contribution is 7.92. The molecule has 17 heavy (non-hydrogen) atoms. The summed E-state index contributed by atoms with van der Waals surface area (Å²) in [4.78, 5) is 17.3. The molecule has 5 nitrogen and oxygen atoms in total. The van der Waals surface area contributed by atoms with Crippen LogP contribution in [0.1, 0.15) is 17.3 Å². The summed E-state index contributed by atoms with van der Waals surface area (Å²) in [6.07, 6.45) is 3.10. The predicted molar refractivity (Wildman–Crippen MR) is 63.4 cm³/mol. The van der Waals surface area contributed by atoms with Crippen LogP contribution in [0.25, 0.3) is 0 Å². The predicted octanol–water partition coefficient (Wildman–Crippen LogP) is 0.341. The monoisotopic (exact) mass is 254 g/mol. The van der Waals surface area contributed by atoms with Crippen molar-refractivity contribution in [3.8, 4) is 0 Å². The highest BCUT2D eigenvalue weighted by atomic mass is 32.2. The number of pyridine rings is 1. The van der Waals surface area contributed by atoms with Crippen LogP contribution < -0.4 is 0 Å². The fourth-order valence-corrected chi connectivity index (χ4v) is 3.03. The molecule has 0 bridgehead atoms. The summed E-state index contributed by atoms with van der Waals surface area (Å²) < 4.78 is 23.1. The Kier molecular flexibility index (Phi) is 3.15. The summed E-state index contributed by atoms with van der Waals surface area (Å²) in [7, 11) is -3.02. The van der Waals surface area contributed by atoms with Crippen LogP contribution in [-0.4, -0.2) is 48.3 Å². The van der Waals surface area contributed by atoms with Crippen molar-refractivity contribution >= 4 is 15.7 Å². The Balaban J connectivity index is 2.00. The van der Waals surface area contributed by atoms with E-state index in [-0.39, 0.29) is 11.7 Å². The molecule has 1 saturated heterocycles. The minimum atomic E-state index is -3.02. The molecule has 0 aromatic carbocycles. The van der Waals surface area contributed by atoms with E-state index in [1.165, 1.54) is 0 Å². The Morgan fingerprint density at radius 2 is 2.00 bits per heavy atom. The third-order valence-corrected chi connectivity index (χ3v) is 5.09. The van der Waals surface area contributed by atoms with Crippen LogP contribution in [0.2, 0.25) is 0 Å². The molecule has 1 amide bonds. The molecular weight excluding hydrogens is 240 g/mol. The van der Waals surface area contributed by atoms with Gasteiger partial charge < -0.3 is 4.90 Å². The van der Waals surface area contributed by atoms with Gasteiger partial charge in [-0.25, -0.2) is 8.42 Å². The topological polar surface area (TPSA) is 67.3 Å². The quantitative estimate of drug-likeness (QED) is 0.780. The molecule has 0 aliphatic carbocycles. The smallest absolute Gasteiger partial charge is 0.254 e. The number of sulfone groups is 1. The Morgan fingerprint density at radius 1 is 1.41 bits per heavy atom. The molecule has 1 aliphatic rings. The lowest BCUT2D eigenvalue weighted by molar-refractivity contribution is 0.0659. The number of hydrogen-bond acceptors (Lipinski definition) is 4. The molecule has 0 atom stereocenters. The zero-order valence-corrected chi connectivity index (χ0v) is 10.4. The lowest BCUT2D eigenvalue weighted by atomic mass is 10.1. The molecular formula is C11H14N2O3S. The number of carbonyl (C=O) groups excluding carboxylic acids is 1. The van der Waals surface area contributed by atoms with Crippen molar-refractivity contribution in [2.45, 2.75) is 12.2 Å². The Labute approximate surface area is 100 Å². The number of likely N-dealkylation sites (tertiary alicyclic amines) is 1. The maximum absolute atomic E-state index is 11.9. The molecule has 2 heterocycles. The highest BCUT2D eigenvalue weighted by Gasteiger charge is 2.38. The van der Waals surface area contributed by atoms with Gasteiger partial charge in [-0.1, -0.05) is 6.92 Å². The van der Waals surface area contributed by atoms with Gasteiger partial charge in [-0.2, -0.15) is 0 Å². The van der Waals surface area contributed by atoms with E-state index < -0.39 is 15.1 Å². The molecule has 0 saturated carbocycles. The largest absolute Gasteiger partial charge is 0.336 e. The van der Waals surface area contributed by atoms with E-state index >= 15 is 0 Å². The molecule has 1 aliphatic heterocycles. The lowest BCUT2D eigenvalue weighted by Gasteiger charge is -2.38. The van der Waals surface area contributed by atoms with Crippen LogP contribution in [0.4, 0.5) is 0 Å². The standard InChI is InChI=1S/C11H14N2O3S/c1-2-17(15,16)10-7-13(8-10)11(14)9-3-5-12-6-4-9/h3-6,10H,2,7-8H2,1H3. The van der Waals surface area contributed by atoms with E-state index in [2.05, 4.69) is 4.98 Å². The maximum Gasteiger partial charge on any atom is 0.254 e. The van der Waals surface area contributed by atoms with Gasteiger partial charge in [0, 0.05) is 36.8 Å². The second-order valence-electron chi connectivity index (χ2n) is 4.02. The van der Waals surface area contributed by atoms with Crippen molar-refractivity contribution in [1.82, 2.24) is 9.88 Å². The van der Waals surface area contributed by atoms with Crippen LogP contribution in [0.15, 0.2) is 24.5 Å². The number of aromatic nitrogens is 1. The molecule has 1 aromatic rings. The third kappa shape index (κ3) is 2.31. The Hall–Kier alpha value is -1.43. The summed E-state index contributed by atoms with van der Waals surface area (Å²) in [5, 5.41) is -0.390. The van der Waals surface area contributed by atoms with Gasteiger partial charge in [0.25, 0.3) is 5.91 Å². The average Bonchev–Trinajstić information content (AvgIpc) is 2.28. The van der Waals surface area contributed by atoms with E-state index in [1.807, 2.05) is 0 Å². The number of rotatable bonds is 3. The van der Waals surface area contributed by atoms with E-state index in [9.17, 15) is 13.2 Å². The average molecular weight is 254 g/mol. The third-order valence-electron chi connectivity index (χ3n) is 2.97. The van der Waals surface area contributed by atoms with E-state index in [1.54, 1.807) is 36.4 Å². The first-order valence-electron chi connectivity index (χ1n) is 5.45. The summed E-state index contributed by atoms with van der Waals surface area (Å²) in [6.45, 7) is 2.23. The fourth-order valence-electron chi connectivity index (χ4n) is 1.74. The molecule has 0 radical (unpaired) electrons. The molecule has 0 spiro atoms. The summed E-state index contributed by atoms with van der Waals surface area (Å²) in [6, 6.07) is 3.26. The van der Waals surface area contributed by atoms with Gasteiger partial charge in [-0.3, -0.25) is 9.78 Å².